The minimum Gasteiger partial charge on any atom is -0.313 e. The Morgan fingerprint density at radius 2 is 1.87 bits per heavy atom. The van der Waals surface area contributed by atoms with Crippen LogP contribution in [0.5, 0.6) is 0 Å². The molecule has 0 atom stereocenters. The topological polar surface area (TPSA) is 90.1 Å². The van der Waals surface area contributed by atoms with Crippen LogP contribution in [-0.4, -0.2) is 40.0 Å². The molecule has 30 heavy (non-hydrogen) atoms. The molecular formula is C21H25BrN8. The lowest BCUT2D eigenvalue weighted by Crippen LogP contribution is -2.07. The van der Waals surface area contributed by atoms with Crippen molar-refractivity contribution in [2.45, 2.75) is 52.5 Å². The van der Waals surface area contributed by atoms with Gasteiger partial charge >= 0.3 is 0 Å². The summed E-state index contributed by atoms with van der Waals surface area (Å²) in [6.07, 6.45) is 7.22. The largest absolute Gasteiger partial charge is 0.313 e. The van der Waals surface area contributed by atoms with Crippen molar-refractivity contribution >= 4 is 15.9 Å². The third-order valence-corrected chi connectivity index (χ3v) is 5.60. The molecule has 156 valence electrons. The van der Waals surface area contributed by atoms with Crippen LogP contribution >= 0.6 is 15.9 Å². The van der Waals surface area contributed by atoms with Gasteiger partial charge in [-0.05, 0) is 57.7 Å². The number of hydrogen-bond acceptors (Lipinski definition) is 5. The molecule has 0 aliphatic rings. The molecule has 8 nitrogen and oxygen atoms in total. The molecule has 4 rings (SSSR count). The van der Waals surface area contributed by atoms with E-state index in [-0.39, 0.29) is 0 Å². The number of benzene rings is 1. The van der Waals surface area contributed by atoms with Crippen LogP contribution in [-0.2, 0) is 19.4 Å². The number of aromatic nitrogens is 8. The van der Waals surface area contributed by atoms with Gasteiger partial charge in [0.25, 0.3) is 0 Å². The zero-order chi connectivity index (χ0) is 20.9. The lowest BCUT2D eigenvalue weighted by atomic mass is 10.2. The average Bonchev–Trinajstić information content (AvgIpc) is 3.48. The first-order valence-corrected chi connectivity index (χ1v) is 11.1. The fourth-order valence-corrected chi connectivity index (χ4v) is 3.92. The molecular weight excluding hydrogens is 444 g/mol. The Hall–Kier alpha value is -2.81. The molecule has 3 aromatic heterocycles. The number of nitrogens with zero attached hydrogens (tertiary/aromatic N) is 7. The van der Waals surface area contributed by atoms with Gasteiger partial charge in [-0.25, -0.2) is 9.67 Å². The molecule has 0 aliphatic heterocycles. The van der Waals surface area contributed by atoms with Crippen molar-refractivity contribution in [3.05, 3.63) is 58.2 Å². The first-order chi connectivity index (χ1) is 14.7. The molecule has 0 unspecified atom stereocenters. The van der Waals surface area contributed by atoms with Crippen molar-refractivity contribution in [3.63, 3.8) is 0 Å². The fourth-order valence-electron chi connectivity index (χ4n) is 3.44. The van der Waals surface area contributed by atoms with Crippen molar-refractivity contribution < 1.29 is 0 Å². The summed E-state index contributed by atoms with van der Waals surface area (Å²) < 4.78 is 5.02. The van der Waals surface area contributed by atoms with Crippen LogP contribution in [0.15, 0.2) is 41.0 Å². The van der Waals surface area contributed by atoms with Crippen LogP contribution in [0.25, 0.3) is 17.2 Å². The molecule has 9 heteroatoms. The van der Waals surface area contributed by atoms with Gasteiger partial charge in [-0.3, -0.25) is 0 Å². The second-order valence-corrected chi connectivity index (χ2v) is 8.09. The van der Waals surface area contributed by atoms with Gasteiger partial charge in [0.05, 0.1) is 6.54 Å². The smallest absolute Gasteiger partial charge is 0.222 e. The summed E-state index contributed by atoms with van der Waals surface area (Å²) in [6, 6.07) is 10.4. The normalized spacial score (nSPS) is 11.3. The predicted octanol–water partition coefficient (Wildman–Crippen LogP) is 4.35. The monoisotopic (exact) mass is 468 g/mol. The van der Waals surface area contributed by atoms with Crippen LogP contribution in [0.3, 0.4) is 0 Å². The maximum absolute atomic E-state index is 4.76. The molecule has 0 radical (unpaired) electrons. The molecule has 0 saturated carbocycles. The molecule has 0 bridgehead atoms. The summed E-state index contributed by atoms with van der Waals surface area (Å²) in [7, 11) is 0. The molecule has 0 fully saturated rings. The first kappa shape index (κ1) is 20.5. The van der Waals surface area contributed by atoms with E-state index in [4.69, 9.17) is 10.1 Å². The summed E-state index contributed by atoms with van der Waals surface area (Å²) in [4.78, 5) is 4.76. The minimum atomic E-state index is 0.544. The number of aryl methyl sites for hydroxylation is 2. The highest BCUT2D eigenvalue weighted by Gasteiger charge is 2.15. The van der Waals surface area contributed by atoms with E-state index in [2.05, 4.69) is 79.3 Å². The molecule has 0 saturated heterocycles. The van der Waals surface area contributed by atoms with Crippen LogP contribution in [0.2, 0.25) is 0 Å². The summed E-state index contributed by atoms with van der Waals surface area (Å²) in [6.45, 7) is 5.09. The van der Waals surface area contributed by atoms with Gasteiger partial charge in [-0.2, -0.15) is 10.3 Å². The lowest BCUT2D eigenvalue weighted by molar-refractivity contribution is 0.613. The number of hydrogen-bond donors (Lipinski definition) is 1. The van der Waals surface area contributed by atoms with Crippen molar-refractivity contribution in [2.24, 2.45) is 0 Å². The highest BCUT2D eigenvalue weighted by molar-refractivity contribution is 9.10. The summed E-state index contributed by atoms with van der Waals surface area (Å²) in [5, 5.41) is 19.2. The third kappa shape index (κ3) is 4.35. The summed E-state index contributed by atoms with van der Waals surface area (Å²) in [5.74, 6) is 2.57. The van der Waals surface area contributed by atoms with Crippen molar-refractivity contribution in [1.29, 1.82) is 0 Å². The van der Waals surface area contributed by atoms with Gasteiger partial charge in [0, 0.05) is 29.2 Å². The SMILES string of the molecule is CCCCc1nc(CCC)nn1Cc1ccc(-n2ccc(Br)c2-c2nn[nH]n2)cc1. The number of H-pyrrole nitrogens is 1. The highest BCUT2D eigenvalue weighted by atomic mass is 79.9. The van der Waals surface area contributed by atoms with Crippen LogP contribution in [0.4, 0.5) is 0 Å². The third-order valence-electron chi connectivity index (χ3n) is 4.96. The Kier molecular flexibility index (Phi) is 6.37. The van der Waals surface area contributed by atoms with Gasteiger partial charge in [-0.1, -0.05) is 32.4 Å². The standard InChI is InChI=1S/C21H25BrN8/c1-3-5-7-19-23-18(6-4-2)26-30(19)14-15-8-10-16(11-9-15)29-13-12-17(22)20(29)21-24-27-28-25-21/h8-13H,3-7,14H2,1-2H3,(H,24,25,27,28). The molecule has 3 heterocycles. The average molecular weight is 469 g/mol. The zero-order valence-corrected chi connectivity index (χ0v) is 18.8. The Morgan fingerprint density at radius 3 is 2.57 bits per heavy atom. The van der Waals surface area contributed by atoms with Crippen LogP contribution in [0.1, 0.15) is 50.3 Å². The Labute approximate surface area is 183 Å². The van der Waals surface area contributed by atoms with Crippen molar-refractivity contribution in [2.75, 3.05) is 0 Å². The van der Waals surface area contributed by atoms with E-state index in [9.17, 15) is 0 Å². The number of halogens is 1. The minimum absolute atomic E-state index is 0.544. The van der Waals surface area contributed by atoms with Gasteiger partial charge < -0.3 is 4.57 Å². The molecule has 0 aliphatic carbocycles. The van der Waals surface area contributed by atoms with E-state index < -0.39 is 0 Å². The van der Waals surface area contributed by atoms with Crippen LogP contribution < -0.4 is 0 Å². The highest BCUT2D eigenvalue weighted by Crippen LogP contribution is 2.29. The van der Waals surface area contributed by atoms with E-state index in [0.29, 0.717) is 5.82 Å². The van der Waals surface area contributed by atoms with Crippen LogP contribution in [0, 0.1) is 0 Å². The van der Waals surface area contributed by atoms with E-state index >= 15 is 0 Å². The number of aromatic amines is 1. The second-order valence-electron chi connectivity index (χ2n) is 7.24. The van der Waals surface area contributed by atoms with E-state index in [1.165, 1.54) is 5.56 Å². The number of nitrogens with one attached hydrogen (secondary N) is 1. The predicted molar refractivity (Wildman–Crippen MR) is 118 cm³/mol. The molecule has 4 aromatic rings. The quantitative estimate of drug-likeness (QED) is 0.394. The molecule has 0 amide bonds. The van der Waals surface area contributed by atoms with E-state index in [0.717, 1.165) is 66.2 Å². The number of rotatable bonds is 9. The van der Waals surface area contributed by atoms with Gasteiger partial charge in [0.1, 0.15) is 11.5 Å². The molecule has 1 N–H and O–H groups in total. The molecule has 0 spiro atoms. The van der Waals surface area contributed by atoms with E-state index in [1.807, 2.05) is 16.8 Å². The Bertz CT molecular complexity index is 1080. The maximum Gasteiger partial charge on any atom is 0.222 e. The molecule has 1 aromatic carbocycles. The maximum atomic E-state index is 4.76. The number of unbranched alkanes of at least 4 members (excludes halogenated alkanes) is 1. The van der Waals surface area contributed by atoms with Gasteiger partial charge in [0.2, 0.25) is 5.82 Å². The Balaban J connectivity index is 1.57. The Morgan fingerprint density at radius 1 is 1.03 bits per heavy atom. The van der Waals surface area contributed by atoms with Crippen molar-refractivity contribution in [3.8, 4) is 17.2 Å². The lowest BCUT2D eigenvalue weighted by Gasteiger charge is -2.10. The summed E-state index contributed by atoms with van der Waals surface area (Å²) in [5.41, 5.74) is 3.08. The zero-order valence-electron chi connectivity index (χ0n) is 17.2. The fraction of sp³-hybridized carbons (Fsp3) is 0.381. The van der Waals surface area contributed by atoms with Gasteiger partial charge in [0.15, 0.2) is 5.82 Å². The number of tetrazole rings is 1. The first-order valence-electron chi connectivity index (χ1n) is 10.3. The second kappa shape index (κ2) is 9.34. The van der Waals surface area contributed by atoms with E-state index in [1.54, 1.807) is 0 Å². The van der Waals surface area contributed by atoms with Crippen molar-refractivity contribution in [1.82, 2.24) is 40.0 Å². The van der Waals surface area contributed by atoms with Gasteiger partial charge in [-0.15, -0.1) is 10.2 Å². The summed E-state index contributed by atoms with van der Waals surface area (Å²) >= 11 is 3.58.